The smallest absolute Gasteiger partial charge is 0.406 e. The summed E-state index contributed by atoms with van der Waals surface area (Å²) in [5.74, 6) is -1.65. The molecule has 1 aliphatic heterocycles. The van der Waals surface area contributed by atoms with Crippen LogP contribution in [0, 0.1) is 6.92 Å². The van der Waals surface area contributed by atoms with Crippen molar-refractivity contribution in [3.63, 3.8) is 0 Å². The Labute approximate surface area is 185 Å². The van der Waals surface area contributed by atoms with Gasteiger partial charge in [-0.05, 0) is 36.8 Å². The predicted molar refractivity (Wildman–Crippen MR) is 112 cm³/mol. The Balaban J connectivity index is 1.53. The van der Waals surface area contributed by atoms with Crippen LogP contribution < -0.4 is 9.64 Å². The number of benzene rings is 2. The van der Waals surface area contributed by atoms with E-state index in [1.54, 1.807) is 11.6 Å². The van der Waals surface area contributed by atoms with Crippen molar-refractivity contribution in [2.45, 2.75) is 19.8 Å². The second-order valence-corrected chi connectivity index (χ2v) is 7.46. The van der Waals surface area contributed by atoms with Gasteiger partial charge in [-0.3, -0.25) is 9.59 Å². The number of rotatable bonds is 4. The fraction of sp³-hybridized carbons (Fsp3) is 0.130. The van der Waals surface area contributed by atoms with Gasteiger partial charge in [0.1, 0.15) is 5.75 Å². The fourth-order valence-corrected chi connectivity index (χ4v) is 3.92. The van der Waals surface area contributed by atoms with E-state index in [2.05, 4.69) is 14.8 Å². The van der Waals surface area contributed by atoms with Crippen LogP contribution >= 0.6 is 0 Å². The average Bonchev–Trinajstić information content (AvgIpc) is 3.22. The Bertz CT molecular complexity index is 1400. The molecule has 0 atom stereocenters. The highest BCUT2D eigenvalue weighted by Gasteiger charge is 2.40. The highest BCUT2D eigenvalue weighted by molar-refractivity contribution is 6.37. The number of pyridine rings is 1. The van der Waals surface area contributed by atoms with Crippen LogP contribution in [0.25, 0.3) is 11.0 Å². The summed E-state index contributed by atoms with van der Waals surface area (Å²) in [6, 6.07) is 14.1. The van der Waals surface area contributed by atoms with E-state index in [4.69, 9.17) is 0 Å². The van der Waals surface area contributed by atoms with E-state index in [0.717, 1.165) is 22.6 Å². The number of aromatic nitrogens is 3. The molecule has 2 aromatic carbocycles. The quantitative estimate of drug-likeness (QED) is 0.427. The zero-order valence-electron chi connectivity index (χ0n) is 17.1. The number of amides is 2. The normalized spacial score (nSPS) is 13.6. The molecule has 0 spiro atoms. The van der Waals surface area contributed by atoms with E-state index >= 15 is 0 Å². The Morgan fingerprint density at radius 3 is 2.33 bits per heavy atom. The molecule has 2 amide bonds. The van der Waals surface area contributed by atoms with Gasteiger partial charge in [-0.25, -0.2) is 14.6 Å². The Hall–Kier alpha value is -4.21. The first-order valence-electron chi connectivity index (χ1n) is 9.87. The van der Waals surface area contributed by atoms with Gasteiger partial charge in [0.05, 0.1) is 34.4 Å². The Morgan fingerprint density at radius 1 is 0.970 bits per heavy atom. The molecule has 10 heteroatoms. The van der Waals surface area contributed by atoms with Gasteiger partial charge in [-0.2, -0.15) is 5.10 Å². The molecule has 2 aromatic heterocycles. The lowest BCUT2D eigenvalue weighted by atomic mass is 10.1. The number of hydrogen-bond acceptors (Lipinski definition) is 5. The lowest BCUT2D eigenvalue weighted by Crippen LogP contribution is -2.29. The number of halogens is 3. The van der Waals surface area contributed by atoms with Crippen LogP contribution in [0.1, 0.15) is 32.0 Å². The van der Waals surface area contributed by atoms with Crippen molar-refractivity contribution in [3.05, 3.63) is 83.2 Å². The van der Waals surface area contributed by atoms with E-state index in [-0.39, 0.29) is 16.8 Å². The van der Waals surface area contributed by atoms with E-state index in [1.165, 1.54) is 18.3 Å². The molecule has 0 saturated heterocycles. The number of alkyl halides is 3. The molecule has 7 nitrogen and oxygen atoms in total. The molecule has 3 heterocycles. The Kier molecular flexibility index (Phi) is 4.66. The zero-order valence-corrected chi connectivity index (χ0v) is 17.1. The second-order valence-electron chi connectivity index (χ2n) is 7.46. The number of anilines is 1. The van der Waals surface area contributed by atoms with Gasteiger partial charge in [-0.1, -0.05) is 30.3 Å². The van der Waals surface area contributed by atoms with Crippen molar-refractivity contribution in [2.24, 2.45) is 0 Å². The molecule has 0 saturated carbocycles. The molecule has 166 valence electrons. The molecule has 0 aliphatic carbocycles. The molecule has 0 unspecified atom stereocenters. The van der Waals surface area contributed by atoms with Crippen LogP contribution in [-0.2, 0) is 6.54 Å². The van der Waals surface area contributed by atoms with Crippen LogP contribution in [0.3, 0.4) is 0 Å². The first-order chi connectivity index (χ1) is 15.7. The molecular formula is C23H15F3N4O3. The summed E-state index contributed by atoms with van der Waals surface area (Å²) in [5, 5.41) is 4.99. The Morgan fingerprint density at radius 2 is 1.67 bits per heavy atom. The first-order valence-corrected chi connectivity index (χ1v) is 9.87. The summed E-state index contributed by atoms with van der Waals surface area (Å²) in [7, 11) is 0. The first kappa shape index (κ1) is 20.7. The number of aryl methyl sites for hydroxylation is 1. The van der Waals surface area contributed by atoms with E-state index in [9.17, 15) is 22.8 Å². The van der Waals surface area contributed by atoms with E-state index in [1.807, 2.05) is 30.3 Å². The number of nitrogens with zero attached hydrogens (tertiary/aromatic N) is 4. The average molecular weight is 452 g/mol. The molecular weight excluding hydrogens is 437 g/mol. The van der Waals surface area contributed by atoms with Crippen molar-refractivity contribution >= 4 is 28.5 Å². The molecule has 33 heavy (non-hydrogen) atoms. The lowest BCUT2D eigenvalue weighted by molar-refractivity contribution is -0.274. The third-order valence-corrected chi connectivity index (χ3v) is 5.29. The summed E-state index contributed by atoms with van der Waals surface area (Å²) in [6.07, 6.45) is -3.51. The third kappa shape index (κ3) is 3.59. The van der Waals surface area contributed by atoms with Crippen molar-refractivity contribution in [1.29, 1.82) is 0 Å². The van der Waals surface area contributed by atoms with Gasteiger partial charge in [0.25, 0.3) is 11.8 Å². The van der Waals surface area contributed by atoms with Gasteiger partial charge in [0, 0.05) is 6.20 Å². The van der Waals surface area contributed by atoms with E-state index in [0.29, 0.717) is 23.3 Å². The van der Waals surface area contributed by atoms with Crippen molar-refractivity contribution < 1.29 is 27.5 Å². The minimum atomic E-state index is -4.84. The molecule has 5 rings (SSSR count). The van der Waals surface area contributed by atoms with Gasteiger partial charge >= 0.3 is 6.36 Å². The maximum atomic E-state index is 13.3. The van der Waals surface area contributed by atoms with E-state index < -0.39 is 23.9 Å². The standard InChI is InChI=1S/C23H15F3N4O3/c1-13-18-19-17(11-27-20(18)29(28-13)12-14-5-3-2-4-6-14)21(31)30(22(19)32)15-7-9-16(10-8-15)33-23(24,25)26/h2-11H,12H2,1H3. The van der Waals surface area contributed by atoms with Gasteiger partial charge in [0.15, 0.2) is 5.65 Å². The fourth-order valence-electron chi connectivity index (χ4n) is 3.92. The third-order valence-electron chi connectivity index (χ3n) is 5.29. The van der Waals surface area contributed by atoms with Crippen LogP contribution in [0.4, 0.5) is 18.9 Å². The number of imide groups is 1. The number of ether oxygens (including phenoxy) is 1. The highest BCUT2D eigenvalue weighted by Crippen LogP contribution is 2.35. The van der Waals surface area contributed by atoms with Crippen LogP contribution in [0.15, 0.2) is 60.8 Å². The molecule has 0 bridgehead atoms. The maximum Gasteiger partial charge on any atom is 0.573 e. The van der Waals surface area contributed by atoms with Crippen molar-refractivity contribution in [3.8, 4) is 5.75 Å². The largest absolute Gasteiger partial charge is 0.573 e. The predicted octanol–water partition coefficient (Wildman–Crippen LogP) is 4.49. The zero-order chi connectivity index (χ0) is 23.3. The number of fused-ring (bicyclic) bond motifs is 3. The SMILES string of the molecule is Cc1nn(Cc2ccccc2)c2ncc3c(c12)C(=O)N(c1ccc(OC(F)(F)F)cc1)C3=O. The molecule has 0 N–H and O–H groups in total. The van der Waals surface area contributed by atoms with Crippen molar-refractivity contribution in [2.75, 3.05) is 4.90 Å². The number of hydrogen-bond donors (Lipinski definition) is 0. The summed E-state index contributed by atoms with van der Waals surface area (Å²) < 4.78 is 42.8. The monoisotopic (exact) mass is 452 g/mol. The second kappa shape index (κ2) is 7.44. The topological polar surface area (TPSA) is 77.3 Å². The molecule has 0 radical (unpaired) electrons. The molecule has 4 aromatic rings. The molecule has 1 aliphatic rings. The van der Waals surface area contributed by atoms with Crippen LogP contribution in [-0.4, -0.2) is 32.9 Å². The summed E-state index contributed by atoms with van der Waals surface area (Å²) in [6.45, 7) is 2.17. The summed E-state index contributed by atoms with van der Waals surface area (Å²) in [4.78, 5) is 31.6. The van der Waals surface area contributed by atoms with Crippen molar-refractivity contribution in [1.82, 2.24) is 14.8 Å². The minimum Gasteiger partial charge on any atom is -0.406 e. The lowest BCUT2D eigenvalue weighted by Gasteiger charge is -2.15. The highest BCUT2D eigenvalue weighted by atomic mass is 19.4. The molecule has 0 fully saturated rings. The van der Waals surface area contributed by atoms with Gasteiger partial charge in [0.2, 0.25) is 0 Å². The maximum absolute atomic E-state index is 13.3. The number of carbonyl (C=O) groups excluding carboxylic acids is 2. The number of carbonyl (C=O) groups is 2. The summed E-state index contributed by atoms with van der Waals surface area (Å²) in [5.41, 5.74) is 2.42. The summed E-state index contributed by atoms with van der Waals surface area (Å²) >= 11 is 0. The van der Waals surface area contributed by atoms with Crippen LogP contribution in [0.5, 0.6) is 5.75 Å². The van der Waals surface area contributed by atoms with Crippen LogP contribution in [0.2, 0.25) is 0 Å². The van der Waals surface area contributed by atoms with Gasteiger partial charge < -0.3 is 4.74 Å². The minimum absolute atomic E-state index is 0.116. The van der Waals surface area contributed by atoms with Gasteiger partial charge in [-0.15, -0.1) is 13.2 Å².